The van der Waals surface area contributed by atoms with Gasteiger partial charge in [-0.25, -0.2) is 14.2 Å². The highest BCUT2D eigenvalue weighted by Gasteiger charge is 2.59. The third-order valence-corrected chi connectivity index (χ3v) is 7.23. The lowest BCUT2D eigenvalue weighted by atomic mass is 9.75. The first kappa shape index (κ1) is 23.6. The number of fused-ring (bicyclic) bond motifs is 3. The van der Waals surface area contributed by atoms with Crippen molar-refractivity contribution < 1.29 is 18.7 Å². The maximum absolute atomic E-state index is 14.7. The smallest absolute Gasteiger partial charge is 0.410 e. The van der Waals surface area contributed by atoms with E-state index in [0.717, 1.165) is 48.3 Å². The number of benzene rings is 1. The zero-order valence-corrected chi connectivity index (χ0v) is 20.9. The Bertz CT molecular complexity index is 1190. The highest BCUT2D eigenvalue weighted by Crippen LogP contribution is 2.48. The molecule has 7 nitrogen and oxygen atoms in total. The lowest BCUT2D eigenvalue weighted by Crippen LogP contribution is -2.65. The van der Waals surface area contributed by atoms with Crippen LogP contribution in [0.3, 0.4) is 0 Å². The second-order valence-corrected chi connectivity index (χ2v) is 10.4. The number of ether oxygens (including phenoxy) is 1. The Kier molecular flexibility index (Phi) is 5.93. The van der Waals surface area contributed by atoms with E-state index in [-0.39, 0.29) is 43.4 Å². The summed E-state index contributed by atoms with van der Waals surface area (Å²) in [6, 6.07) is 7.74. The second-order valence-electron chi connectivity index (χ2n) is 10.4. The van der Waals surface area contributed by atoms with Crippen LogP contribution in [0.1, 0.15) is 63.3 Å². The predicted octanol–water partition coefficient (Wildman–Crippen LogP) is 4.83. The number of imidazole rings is 1. The van der Waals surface area contributed by atoms with E-state index in [2.05, 4.69) is 0 Å². The summed E-state index contributed by atoms with van der Waals surface area (Å²) < 4.78 is 21.9. The molecule has 186 valence electrons. The van der Waals surface area contributed by atoms with Gasteiger partial charge in [-0.05, 0) is 51.2 Å². The molecule has 1 aromatic heterocycles. The van der Waals surface area contributed by atoms with E-state index in [4.69, 9.17) is 9.72 Å². The van der Waals surface area contributed by atoms with Crippen molar-refractivity contribution in [2.45, 2.75) is 71.4 Å². The van der Waals surface area contributed by atoms with E-state index in [1.54, 1.807) is 16.0 Å². The molecule has 1 aliphatic carbocycles. The van der Waals surface area contributed by atoms with Gasteiger partial charge in [0.25, 0.3) is 0 Å². The van der Waals surface area contributed by atoms with Crippen LogP contribution in [0, 0.1) is 5.92 Å². The van der Waals surface area contributed by atoms with Crippen molar-refractivity contribution in [1.82, 2.24) is 14.5 Å². The molecular formula is C27H33FN4O3. The molecule has 8 heteroatoms. The van der Waals surface area contributed by atoms with Gasteiger partial charge >= 0.3 is 6.09 Å². The molecule has 2 aliphatic heterocycles. The zero-order valence-electron chi connectivity index (χ0n) is 20.9. The molecule has 2 aromatic rings. The van der Waals surface area contributed by atoms with Crippen molar-refractivity contribution in [3.8, 4) is 0 Å². The van der Waals surface area contributed by atoms with Crippen LogP contribution in [-0.4, -0.2) is 45.6 Å². The molecule has 0 bridgehead atoms. The molecule has 1 saturated heterocycles. The SMILES string of the molecule is CC(C)OC(=O)N1CC2(C1)C(=O)N(Cc1nc3c(n1/C=C(\F)C(C)C)CCCC3)c1ccccc12. The predicted molar refractivity (Wildman–Crippen MR) is 132 cm³/mol. The van der Waals surface area contributed by atoms with Crippen LogP contribution in [0.2, 0.25) is 0 Å². The van der Waals surface area contributed by atoms with E-state index >= 15 is 0 Å². The number of amides is 2. The third kappa shape index (κ3) is 3.93. The first-order chi connectivity index (χ1) is 16.7. The Labute approximate surface area is 205 Å². The molecule has 2 amide bonds. The van der Waals surface area contributed by atoms with Crippen LogP contribution in [0.5, 0.6) is 0 Å². The van der Waals surface area contributed by atoms with E-state index in [1.807, 2.05) is 56.5 Å². The fraction of sp³-hybridized carbons (Fsp3) is 0.519. The van der Waals surface area contributed by atoms with Crippen LogP contribution in [0.4, 0.5) is 14.9 Å². The van der Waals surface area contributed by atoms with Gasteiger partial charge in [0.1, 0.15) is 17.1 Å². The molecule has 0 saturated carbocycles. The lowest BCUT2D eigenvalue weighted by molar-refractivity contribution is -0.128. The molecule has 1 spiro atoms. The molecule has 0 unspecified atom stereocenters. The lowest BCUT2D eigenvalue weighted by Gasteiger charge is -2.46. The van der Waals surface area contributed by atoms with Gasteiger partial charge in [-0.15, -0.1) is 0 Å². The summed E-state index contributed by atoms with van der Waals surface area (Å²) in [5.74, 6) is 0.185. The Morgan fingerprint density at radius 1 is 1.17 bits per heavy atom. The highest BCUT2D eigenvalue weighted by molar-refractivity contribution is 6.09. The van der Waals surface area contributed by atoms with Crippen LogP contribution in [0.15, 0.2) is 30.1 Å². The molecule has 0 atom stereocenters. The van der Waals surface area contributed by atoms with Gasteiger partial charge in [-0.2, -0.15) is 0 Å². The molecule has 0 radical (unpaired) electrons. The summed E-state index contributed by atoms with van der Waals surface area (Å²) in [5.41, 5.74) is 3.02. The van der Waals surface area contributed by atoms with Gasteiger partial charge in [0.15, 0.2) is 0 Å². The van der Waals surface area contributed by atoms with Crippen molar-refractivity contribution in [3.63, 3.8) is 0 Å². The van der Waals surface area contributed by atoms with Crippen LogP contribution >= 0.6 is 0 Å². The van der Waals surface area contributed by atoms with Crippen molar-refractivity contribution in [1.29, 1.82) is 0 Å². The van der Waals surface area contributed by atoms with Crippen molar-refractivity contribution in [2.24, 2.45) is 5.92 Å². The number of rotatable bonds is 5. The molecule has 5 rings (SSSR count). The number of nitrogens with zero attached hydrogens (tertiary/aromatic N) is 4. The number of allylic oxidation sites excluding steroid dienone is 1. The molecule has 35 heavy (non-hydrogen) atoms. The van der Waals surface area contributed by atoms with E-state index in [1.165, 1.54) is 0 Å². The maximum Gasteiger partial charge on any atom is 0.410 e. The fourth-order valence-corrected chi connectivity index (χ4v) is 5.37. The van der Waals surface area contributed by atoms with Crippen molar-refractivity contribution >= 4 is 23.9 Å². The number of aryl methyl sites for hydroxylation is 1. The molecular weight excluding hydrogens is 447 g/mol. The van der Waals surface area contributed by atoms with Gasteiger partial charge in [-0.1, -0.05) is 32.0 Å². The van der Waals surface area contributed by atoms with Crippen LogP contribution in [-0.2, 0) is 34.3 Å². The minimum Gasteiger partial charge on any atom is -0.447 e. The average molecular weight is 481 g/mol. The third-order valence-electron chi connectivity index (χ3n) is 7.23. The Balaban J connectivity index is 1.47. The number of carbonyl (C=O) groups excluding carboxylic acids is 2. The van der Waals surface area contributed by atoms with Crippen molar-refractivity contribution in [2.75, 3.05) is 18.0 Å². The monoisotopic (exact) mass is 480 g/mol. The Morgan fingerprint density at radius 2 is 1.89 bits per heavy atom. The Hall–Kier alpha value is -3.16. The Morgan fingerprint density at radius 3 is 2.60 bits per heavy atom. The van der Waals surface area contributed by atoms with E-state index in [0.29, 0.717) is 5.82 Å². The number of halogens is 1. The zero-order chi connectivity index (χ0) is 24.9. The number of aromatic nitrogens is 2. The number of para-hydroxylation sites is 1. The second kappa shape index (κ2) is 8.81. The van der Waals surface area contributed by atoms with Crippen molar-refractivity contribution in [3.05, 3.63) is 52.9 Å². The van der Waals surface area contributed by atoms with Crippen LogP contribution < -0.4 is 4.90 Å². The standard InChI is InChI=1S/C27H33FN4O3/c1-17(2)20(28)13-31-23-12-8-6-10-21(23)29-24(31)14-32-22-11-7-5-9-19(22)27(25(32)33)15-30(16-27)26(34)35-18(3)4/h5,7,9,11,13,17-18H,6,8,10,12,14-16H2,1-4H3/b20-13-. The van der Waals surface area contributed by atoms with Gasteiger partial charge in [0, 0.05) is 36.6 Å². The topological polar surface area (TPSA) is 67.7 Å². The molecule has 1 aromatic carbocycles. The summed E-state index contributed by atoms with van der Waals surface area (Å²) >= 11 is 0. The maximum atomic E-state index is 14.7. The normalized spacial score (nSPS) is 18.8. The fourth-order valence-electron chi connectivity index (χ4n) is 5.37. The molecule has 3 aliphatic rings. The van der Waals surface area contributed by atoms with E-state index < -0.39 is 11.5 Å². The first-order valence-electron chi connectivity index (χ1n) is 12.5. The number of hydrogen-bond acceptors (Lipinski definition) is 4. The van der Waals surface area contributed by atoms with Gasteiger partial charge < -0.3 is 19.1 Å². The van der Waals surface area contributed by atoms with Gasteiger partial charge in [0.05, 0.1) is 18.3 Å². The summed E-state index contributed by atoms with van der Waals surface area (Å²) in [4.78, 5) is 34.5. The summed E-state index contributed by atoms with van der Waals surface area (Å²) in [6.45, 7) is 8.10. The number of likely N-dealkylation sites (tertiary alicyclic amines) is 1. The molecule has 1 fully saturated rings. The number of carbonyl (C=O) groups is 2. The molecule has 0 N–H and O–H groups in total. The average Bonchev–Trinajstić information content (AvgIpc) is 3.25. The van der Waals surface area contributed by atoms with E-state index in [9.17, 15) is 14.0 Å². The van der Waals surface area contributed by atoms with Gasteiger partial charge in [0.2, 0.25) is 5.91 Å². The minimum atomic E-state index is -0.775. The van der Waals surface area contributed by atoms with Crippen LogP contribution in [0.25, 0.3) is 6.20 Å². The highest BCUT2D eigenvalue weighted by atomic mass is 19.1. The first-order valence-corrected chi connectivity index (χ1v) is 12.5. The summed E-state index contributed by atoms with van der Waals surface area (Å²) in [5, 5.41) is 0. The largest absolute Gasteiger partial charge is 0.447 e. The number of anilines is 1. The summed E-state index contributed by atoms with van der Waals surface area (Å²) in [6.07, 6.45) is 4.77. The number of hydrogen-bond donors (Lipinski definition) is 0. The molecule has 3 heterocycles. The van der Waals surface area contributed by atoms with Gasteiger partial charge in [-0.3, -0.25) is 4.79 Å². The minimum absolute atomic E-state index is 0.0480. The quantitative estimate of drug-likeness (QED) is 0.615. The summed E-state index contributed by atoms with van der Waals surface area (Å²) in [7, 11) is 0.